The van der Waals surface area contributed by atoms with Gasteiger partial charge in [0.2, 0.25) is 0 Å². The maximum Gasteiger partial charge on any atom is 0.192 e. The SMILES string of the molecule is Cc1nc2cc(CNc3c(C)cccc3N)ccc2o1. The molecular formula is C16H17N3O. The lowest BCUT2D eigenvalue weighted by Crippen LogP contribution is -2.04. The van der Waals surface area contributed by atoms with Crippen molar-refractivity contribution in [3.8, 4) is 0 Å². The first kappa shape index (κ1) is 12.5. The van der Waals surface area contributed by atoms with Gasteiger partial charge in [-0.3, -0.25) is 0 Å². The predicted octanol–water partition coefficient (Wildman–Crippen LogP) is 3.64. The van der Waals surface area contributed by atoms with Crippen molar-refractivity contribution < 1.29 is 4.42 Å². The third-order valence-corrected chi connectivity index (χ3v) is 3.33. The van der Waals surface area contributed by atoms with Gasteiger partial charge >= 0.3 is 0 Å². The maximum atomic E-state index is 5.99. The van der Waals surface area contributed by atoms with Crippen LogP contribution in [-0.4, -0.2) is 4.98 Å². The maximum absolute atomic E-state index is 5.99. The number of hydrogen-bond acceptors (Lipinski definition) is 4. The number of anilines is 2. The Bertz CT molecular complexity index is 741. The number of rotatable bonds is 3. The molecule has 102 valence electrons. The molecule has 3 rings (SSSR count). The van der Waals surface area contributed by atoms with Gasteiger partial charge in [0.05, 0.1) is 11.4 Å². The minimum Gasteiger partial charge on any atom is -0.441 e. The lowest BCUT2D eigenvalue weighted by Gasteiger charge is -2.12. The van der Waals surface area contributed by atoms with Crippen LogP contribution in [0.3, 0.4) is 0 Å². The molecule has 0 saturated carbocycles. The second kappa shape index (κ2) is 4.89. The third kappa shape index (κ3) is 2.32. The number of nitrogen functional groups attached to an aromatic ring is 1. The van der Waals surface area contributed by atoms with Gasteiger partial charge in [-0.2, -0.15) is 0 Å². The highest BCUT2D eigenvalue weighted by atomic mass is 16.3. The van der Waals surface area contributed by atoms with Gasteiger partial charge in [-0.05, 0) is 36.2 Å². The molecule has 0 saturated heterocycles. The summed E-state index contributed by atoms with van der Waals surface area (Å²) in [5.41, 5.74) is 11.7. The van der Waals surface area contributed by atoms with Crippen molar-refractivity contribution in [2.45, 2.75) is 20.4 Å². The molecule has 0 amide bonds. The van der Waals surface area contributed by atoms with Crippen molar-refractivity contribution in [1.82, 2.24) is 4.98 Å². The number of nitrogens with one attached hydrogen (secondary N) is 1. The quantitative estimate of drug-likeness (QED) is 0.711. The highest BCUT2D eigenvalue weighted by Crippen LogP contribution is 2.24. The number of nitrogens with two attached hydrogens (primary N) is 1. The Morgan fingerprint density at radius 3 is 2.85 bits per heavy atom. The first-order chi connectivity index (χ1) is 9.63. The van der Waals surface area contributed by atoms with E-state index in [1.807, 2.05) is 50.2 Å². The number of para-hydroxylation sites is 1. The first-order valence-corrected chi connectivity index (χ1v) is 6.58. The predicted molar refractivity (Wildman–Crippen MR) is 81.7 cm³/mol. The van der Waals surface area contributed by atoms with Crippen molar-refractivity contribution in [2.24, 2.45) is 0 Å². The highest BCUT2D eigenvalue weighted by molar-refractivity contribution is 5.74. The minimum atomic E-state index is 0.688. The van der Waals surface area contributed by atoms with E-state index in [0.717, 1.165) is 33.6 Å². The normalized spacial score (nSPS) is 10.9. The topological polar surface area (TPSA) is 64.1 Å². The average molecular weight is 267 g/mol. The summed E-state index contributed by atoms with van der Waals surface area (Å²) in [6.45, 7) is 4.60. The van der Waals surface area contributed by atoms with E-state index in [2.05, 4.69) is 10.3 Å². The van der Waals surface area contributed by atoms with Crippen LogP contribution in [0.2, 0.25) is 0 Å². The molecule has 0 spiro atoms. The van der Waals surface area contributed by atoms with Gasteiger partial charge in [0.15, 0.2) is 11.5 Å². The number of nitrogens with zero attached hydrogens (tertiary/aromatic N) is 1. The Hall–Kier alpha value is -2.49. The van der Waals surface area contributed by atoms with E-state index in [0.29, 0.717) is 12.4 Å². The summed E-state index contributed by atoms with van der Waals surface area (Å²) in [6, 6.07) is 11.9. The summed E-state index contributed by atoms with van der Waals surface area (Å²) < 4.78 is 5.47. The second-order valence-electron chi connectivity index (χ2n) is 4.93. The standard InChI is InChI=1S/C16H17N3O/c1-10-4-3-5-13(17)16(10)18-9-12-6-7-15-14(8-12)19-11(2)20-15/h3-8,18H,9,17H2,1-2H3. The zero-order valence-electron chi connectivity index (χ0n) is 11.6. The van der Waals surface area contributed by atoms with Gasteiger partial charge in [0.25, 0.3) is 0 Å². The van der Waals surface area contributed by atoms with Crippen LogP contribution in [0, 0.1) is 13.8 Å². The summed E-state index contributed by atoms with van der Waals surface area (Å²) in [5, 5.41) is 3.39. The van der Waals surface area contributed by atoms with Crippen LogP contribution in [0.25, 0.3) is 11.1 Å². The molecule has 0 aliphatic carbocycles. The number of aryl methyl sites for hydroxylation is 2. The molecule has 0 aliphatic rings. The lowest BCUT2D eigenvalue weighted by atomic mass is 10.1. The van der Waals surface area contributed by atoms with E-state index in [1.165, 1.54) is 0 Å². The van der Waals surface area contributed by atoms with Crippen LogP contribution in [-0.2, 0) is 6.54 Å². The van der Waals surface area contributed by atoms with E-state index in [1.54, 1.807) is 0 Å². The Kier molecular flexibility index (Phi) is 3.06. The van der Waals surface area contributed by atoms with E-state index in [-0.39, 0.29) is 0 Å². The van der Waals surface area contributed by atoms with Gasteiger partial charge in [0.1, 0.15) is 5.52 Å². The molecule has 1 aromatic heterocycles. The Balaban J connectivity index is 1.83. The summed E-state index contributed by atoms with van der Waals surface area (Å²) in [7, 11) is 0. The number of fused-ring (bicyclic) bond motifs is 1. The van der Waals surface area contributed by atoms with Gasteiger partial charge in [-0.15, -0.1) is 0 Å². The van der Waals surface area contributed by atoms with Crippen LogP contribution in [0.1, 0.15) is 17.0 Å². The summed E-state index contributed by atoms with van der Waals surface area (Å²) in [6.07, 6.45) is 0. The molecular weight excluding hydrogens is 250 g/mol. The van der Waals surface area contributed by atoms with Gasteiger partial charge < -0.3 is 15.5 Å². The monoisotopic (exact) mass is 267 g/mol. The molecule has 1 heterocycles. The average Bonchev–Trinajstić information content (AvgIpc) is 2.77. The molecule has 3 N–H and O–H groups in total. The third-order valence-electron chi connectivity index (χ3n) is 3.33. The van der Waals surface area contributed by atoms with E-state index >= 15 is 0 Å². The largest absolute Gasteiger partial charge is 0.441 e. The van der Waals surface area contributed by atoms with E-state index in [9.17, 15) is 0 Å². The van der Waals surface area contributed by atoms with Gasteiger partial charge in [-0.25, -0.2) is 4.98 Å². The van der Waals surface area contributed by atoms with Crippen LogP contribution in [0.15, 0.2) is 40.8 Å². The zero-order chi connectivity index (χ0) is 14.1. The smallest absolute Gasteiger partial charge is 0.192 e. The van der Waals surface area contributed by atoms with Crippen LogP contribution in [0.4, 0.5) is 11.4 Å². The highest BCUT2D eigenvalue weighted by Gasteiger charge is 2.05. The van der Waals surface area contributed by atoms with Crippen molar-refractivity contribution in [2.75, 3.05) is 11.1 Å². The van der Waals surface area contributed by atoms with Crippen molar-refractivity contribution in [3.05, 3.63) is 53.4 Å². The molecule has 20 heavy (non-hydrogen) atoms. The van der Waals surface area contributed by atoms with Gasteiger partial charge in [0, 0.05) is 13.5 Å². The van der Waals surface area contributed by atoms with Crippen LogP contribution >= 0.6 is 0 Å². The Labute approximate surface area is 117 Å². The molecule has 0 fully saturated rings. The number of benzene rings is 2. The van der Waals surface area contributed by atoms with E-state index in [4.69, 9.17) is 10.2 Å². The van der Waals surface area contributed by atoms with Gasteiger partial charge in [-0.1, -0.05) is 18.2 Å². The molecule has 3 aromatic rings. The molecule has 0 radical (unpaired) electrons. The number of oxazole rings is 1. The molecule has 0 atom stereocenters. The molecule has 0 unspecified atom stereocenters. The molecule has 0 aliphatic heterocycles. The van der Waals surface area contributed by atoms with Crippen LogP contribution < -0.4 is 11.1 Å². The number of hydrogen-bond donors (Lipinski definition) is 2. The van der Waals surface area contributed by atoms with E-state index < -0.39 is 0 Å². The minimum absolute atomic E-state index is 0.688. The summed E-state index contributed by atoms with van der Waals surface area (Å²) in [5.74, 6) is 0.688. The Morgan fingerprint density at radius 1 is 1.20 bits per heavy atom. The van der Waals surface area contributed by atoms with Crippen molar-refractivity contribution >= 4 is 22.5 Å². The van der Waals surface area contributed by atoms with Crippen molar-refractivity contribution in [3.63, 3.8) is 0 Å². The fraction of sp³-hybridized carbons (Fsp3) is 0.188. The summed E-state index contributed by atoms with van der Waals surface area (Å²) >= 11 is 0. The Morgan fingerprint density at radius 2 is 2.05 bits per heavy atom. The molecule has 4 nitrogen and oxygen atoms in total. The number of aromatic nitrogens is 1. The summed E-state index contributed by atoms with van der Waals surface area (Å²) in [4.78, 5) is 4.34. The molecule has 0 bridgehead atoms. The van der Waals surface area contributed by atoms with Crippen molar-refractivity contribution in [1.29, 1.82) is 0 Å². The second-order valence-corrected chi connectivity index (χ2v) is 4.93. The lowest BCUT2D eigenvalue weighted by molar-refractivity contribution is 0.561. The fourth-order valence-corrected chi connectivity index (χ4v) is 2.32. The molecule has 2 aromatic carbocycles. The first-order valence-electron chi connectivity index (χ1n) is 6.58. The fourth-order valence-electron chi connectivity index (χ4n) is 2.32. The van der Waals surface area contributed by atoms with Crippen LogP contribution in [0.5, 0.6) is 0 Å². The zero-order valence-corrected chi connectivity index (χ0v) is 11.6. The molecule has 4 heteroatoms.